The van der Waals surface area contributed by atoms with Crippen LogP contribution in [0.4, 0.5) is 0 Å². The highest BCUT2D eigenvalue weighted by Crippen LogP contribution is 2.68. The lowest BCUT2D eigenvalue weighted by atomic mass is 9.74. The summed E-state index contributed by atoms with van der Waals surface area (Å²) < 4.78 is 6.75. The largest absolute Gasteiger partial charge is 0.508 e. The lowest BCUT2D eigenvalue weighted by molar-refractivity contribution is 0.299. The number of hydrogen-bond donors (Lipinski definition) is 2. The van der Waals surface area contributed by atoms with Crippen LogP contribution in [0.5, 0.6) is 11.5 Å². The van der Waals surface area contributed by atoms with Crippen LogP contribution in [0.15, 0.2) is 109 Å². The van der Waals surface area contributed by atoms with Crippen molar-refractivity contribution in [2.24, 2.45) is 0 Å². The number of phenols is 2. The summed E-state index contributed by atoms with van der Waals surface area (Å²) in [4.78, 5) is 0. The van der Waals surface area contributed by atoms with Gasteiger partial charge in [0.05, 0.1) is 0 Å². The lowest BCUT2D eigenvalue weighted by Crippen LogP contribution is -2.25. The minimum atomic E-state index is -0.781. The molecule has 3 heteroatoms. The lowest BCUT2D eigenvalue weighted by Gasteiger charge is -2.22. The fourth-order valence-corrected chi connectivity index (χ4v) is 4.32. The first kappa shape index (κ1) is 17.5. The molecule has 4 aromatic rings. The van der Waals surface area contributed by atoms with Gasteiger partial charge in [0.25, 0.3) is 0 Å². The molecule has 0 bridgehead atoms. The molecular formula is C26H20O3. The number of aromatic hydroxyl groups is 2. The SMILES string of the molecule is Oc1ccc(C2(c3ccc(O)cc3)OC2(c2ccccc2)c2ccccc2)cc1. The van der Waals surface area contributed by atoms with Crippen LogP contribution in [0.3, 0.4) is 0 Å². The third-order valence-electron chi connectivity index (χ3n) is 5.67. The van der Waals surface area contributed by atoms with Crippen molar-refractivity contribution in [1.29, 1.82) is 0 Å². The van der Waals surface area contributed by atoms with E-state index in [0.29, 0.717) is 0 Å². The van der Waals surface area contributed by atoms with Gasteiger partial charge in [-0.05, 0) is 46.5 Å². The van der Waals surface area contributed by atoms with Crippen molar-refractivity contribution in [3.05, 3.63) is 131 Å². The van der Waals surface area contributed by atoms with Gasteiger partial charge in [0.1, 0.15) is 11.5 Å². The Morgan fingerprint density at radius 3 is 1.07 bits per heavy atom. The zero-order valence-electron chi connectivity index (χ0n) is 15.7. The van der Waals surface area contributed by atoms with Crippen LogP contribution in [-0.2, 0) is 15.9 Å². The highest BCUT2D eigenvalue weighted by atomic mass is 16.6. The summed E-state index contributed by atoms with van der Waals surface area (Å²) in [5.41, 5.74) is 2.47. The molecule has 5 rings (SSSR count). The van der Waals surface area contributed by atoms with Crippen LogP contribution in [0, 0.1) is 0 Å². The normalized spacial score (nSPS) is 16.3. The van der Waals surface area contributed by atoms with Crippen molar-refractivity contribution in [3.63, 3.8) is 0 Å². The molecule has 29 heavy (non-hydrogen) atoms. The quantitative estimate of drug-likeness (QED) is 0.472. The first-order chi connectivity index (χ1) is 14.2. The number of rotatable bonds is 4. The first-order valence-electron chi connectivity index (χ1n) is 9.57. The van der Waals surface area contributed by atoms with Gasteiger partial charge < -0.3 is 14.9 Å². The van der Waals surface area contributed by atoms with Crippen LogP contribution >= 0.6 is 0 Å². The molecule has 0 radical (unpaired) electrons. The van der Waals surface area contributed by atoms with E-state index in [1.165, 1.54) is 0 Å². The summed E-state index contributed by atoms with van der Waals surface area (Å²) in [6.07, 6.45) is 0. The summed E-state index contributed by atoms with van der Waals surface area (Å²) in [6, 6.07) is 34.7. The Bertz CT molecular complexity index is 1030. The Morgan fingerprint density at radius 1 is 0.414 bits per heavy atom. The van der Waals surface area contributed by atoms with E-state index in [2.05, 4.69) is 24.3 Å². The first-order valence-corrected chi connectivity index (χ1v) is 9.57. The molecular weight excluding hydrogens is 360 g/mol. The molecule has 0 aliphatic carbocycles. The summed E-state index contributed by atoms with van der Waals surface area (Å²) in [5.74, 6) is 0.417. The van der Waals surface area contributed by atoms with E-state index in [1.807, 2.05) is 60.7 Å². The van der Waals surface area contributed by atoms with E-state index in [1.54, 1.807) is 24.3 Å². The van der Waals surface area contributed by atoms with Crippen molar-refractivity contribution in [2.45, 2.75) is 11.2 Å². The molecule has 1 aliphatic rings. The summed E-state index contributed by atoms with van der Waals surface area (Å²) in [7, 11) is 0. The van der Waals surface area contributed by atoms with Crippen LogP contribution in [0.1, 0.15) is 22.3 Å². The zero-order valence-corrected chi connectivity index (χ0v) is 15.7. The van der Waals surface area contributed by atoms with Gasteiger partial charge in [-0.3, -0.25) is 0 Å². The van der Waals surface area contributed by atoms with Crippen molar-refractivity contribution in [2.75, 3.05) is 0 Å². The van der Waals surface area contributed by atoms with Crippen molar-refractivity contribution < 1.29 is 14.9 Å². The Labute approximate surface area is 169 Å². The van der Waals surface area contributed by atoms with Gasteiger partial charge in [0.2, 0.25) is 0 Å². The maximum Gasteiger partial charge on any atom is 0.157 e. The molecule has 1 fully saturated rings. The van der Waals surface area contributed by atoms with Crippen molar-refractivity contribution in [3.8, 4) is 11.5 Å². The molecule has 1 heterocycles. The number of epoxide rings is 1. The molecule has 1 saturated heterocycles. The van der Waals surface area contributed by atoms with E-state index in [4.69, 9.17) is 4.74 Å². The minimum absolute atomic E-state index is 0.209. The predicted molar refractivity (Wildman–Crippen MR) is 112 cm³/mol. The molecule has 1 aliphatic heterocycles. The molecule has 0 amide bonds. The predicted octanol–water partition coefficient (Wildman–Crippen LogP) is 5.32. The highest BCUT2D eigenvalue weighted by Gasteiger charge is 2.73. The Hall–Kier alpha value is -3.56. The molecule has 2 N–H and O–H groups in total. The average Bonchev–Trinajstić information content (AvgIpc) is 3.48. The zero-order chi connectivity index (χ0) is 19.9. The molecule has 0 aromatic heterocycles. The number of ether oxygens (including phenoxy) is 1. The second kappa shape index (κ2) is 6.50. The molecule has 0 spiro atoms. The van der Waals surface area contributed by atoms with Gasteiger partial charge >= 0.3 is 0 Å². The van der Waals surface area contributed by atoms with Crippen molar-refractivity contribution >= 4 is 0 Å². The Balaban J connectivity index is 1.81. The third-order valence-corrected chi connectivity index (χ3v) is 5.67. The summed E-state index contributed by atoms with van der Waals surface area (Å²) in [5, 5.41) is 19.7. The van der Waals surface area contributed by atoms with Crippen LogP contribution in [0.2, 0.25) is 0 Å². The fraction of sp³-hybridized carbons (Fsp3) is 0.0769. The maximum atomic E-state index is 9.84. The minimum Gasteiger partial charge on any atom is -0.508 e. The molecule has 0 atom stereocenters. The highest BCUT2D eigenvalue weighted by molar-refractivity contribution is 5.58. The topological polar surface area (TPSA) is 53.0 Å². The van der Waals surface area contributed by atoms with E-state index in [-0.39, 0.29) is 11.5 Å². The maximum absolute atomic E-state index is 9.84. The van der Waals surface area contributed by atoms with Crippen molar-refractivity contribution in [1.82, 2.24) is 0 Å². The van der Waals surface area contributed by atoms with Gasteiger partial charge in [0.15, 0.2) is 11.2 Å². The second-order valence-corrected chi connectivity index (χ2v) is 7.29. The third kappa shape index (κ3) is 2.55. The summed E-state index contributed by atoms with van der Waals surface area (Å²) in [6.45, 7) is 0. The van der Waals surface area contributed by atoms with Gasteiger partial charge in [-0.2, -0.15) is 0 Å². The van der Waals surface area contributed by atoms with Gasteiger partial charge in [0, 0.05) is 0 Å². The summed E-state index contributed by atoms with van der Waals surface area (Å²) >= 11 is 0. The second-order valence-electron chi connectivity index (χ2n) is 7.29. The van der Waals surface area contributed by atoms with Gasteiger partial charge in [-0.15, -0.1) is 0 Å². The smallest absolute Gasteiger partial charge is 0.157 e. The molecule has 3 nitrogen and oxygen atoms in total. The molecule has 142 valence electrons. The van der Waals surface area contributed by atoms with Crippen LogP contribution in [-0.4, -0.2) is 10.2 Å². The number of benzene rings is 4. The van der Waals surface area contributed by atoms with E-state index in [9.17, 15) is 10.2 Å². The fourth-order valence-electron chi connectivity index (χ4n) is 4.32. The van der Waals surface area contributed by atoms with Gasteiger partial charge in [-0.25, -0.2) is 0 Å². The van der Waals surface area contributed by atoms with Gasteiger partial charge in [-0.1, -0.05) is 84.9 Å². The molecule has 4 aromatic carbocycles. The molecule has 0 unspecified atom stereocenters. The van der Waals surface area contributed by atoms with E-state index < -0.39 is 11.2 Å². The Kier molecular flexibility index (Phi) is 3.93. The monoisotopic (exact) mass is 380 g/mol. The Morgan fingerprint density at radius 2 is 0.724 bits per heavy atom. The van der Waals surface area contributed by atoms with Crippen LogP contribution < -0.4 is 0 Å². The number of hydrogen-bond acceptors (Lipinski definition) is 3. The molecule has 0 saturated carbocycles. The standard InChI is InChI=1S/C26H20O3/c27-23-15-11-21(12-16-23)26(22-13-17-24(28)18-14-22)25(29-26,19-7-3-1-4-8-19)20-9-5-2-6-10-20/h1-18,27-28H. The van der Waals surface area contributed by atoms with Crippen LogP contribution in [0.25, 0.3) is 0 Å². The van der Waals surface area contributed by atoms with E-state index in [0.717, 1.165) is 22.3 Å². The average molecular weight is 380 g/mol. The van der Waals surface area contributed by atoms with E-state index >= 15 is 0 Å². The number of phenolic OH excluding ortho intramolecular Hbond substituents is 2.